The Labute approximate surface area is 139 Å². The summed E-state index contributed by atoms with van der Waals surface area (Å²) in [6.07, 6.45) is 1.89. The number of nitrogens with two attached hydrogens (primary N) is 1. The number of aromatic nitrogens is 2. The minimum Gasteiger partial charge on any atom is -0.383 e. The summed E-state index contributed by atoms with van der Waals surface area (Å²) in [6.45, 7) is 9.39. The van der Waals surface area contributed by atoms with Gasteiger partial charge in [-0.1, -0.05) is 32.5 Å². The lowest BCUT2D eigenvalue weighted by Gasteiger charge is -2.33. The first kappa shape index (κ1) is 16.0. The van der Waals surface area contributed by atoms with Crippen molar-refractivity contribution >= 4 is 39.1 Å². The third-order valence-electron chi connectivity index (χ3n) is 4.14. The van der Waals surface area contributed by atoms with Gasteiger partial charge in [-0.3, -0.25) is 0 Å². The molecule has 0 radical (unpaired) electrons. The Morgan fingerprint density at radius 1 is 1.41 bits per heavy atom. The second-order valence-corrected chi connectivity index (χ2v) is 8.62. The molecule has 0 aliphatic carbocycles. The lowest BCUT2D eigenvalue weighted by molar-refractivity contribution is -0.0542. The third kappa shape index (κ3) is 2.96. The van der Waals surface area contributed by atoms with Crippen molar-refractivity contribution in [3.8, 4) is 0 Å². The Balaban J connectivity index is 2.00. The Bertz CT molecular complexity index is 698. The maximum atomic E-state index is 6.26. The Morgan fingerprint density at radius 3 is 2.86 bits per heavy atom. The van der Waals surface area contributed by atoms with Crippen LogP contribution in [0, 0.1) is 5.92 Å². The second-order valence-electron chi connectivity index (χ2n) is 6.55. The molecule has 2 N–H and O–H groups in total. The number of anilines is 1. The van der Waals surface area contributed by atoms with E-state index in [9.17, 15) is 0 Å². The molecule has 6 heteroatoms. The molecule has 1 aliphatic rings. The van der Waals surface area contributed by atoms with Crippen molar-refractivity contribution < 1.29 is 4.74 Å². The van der Waals surface area contributed by atoms with Crippen molar-refractivity contribution in [3.63, 3.8) is 0 Å². The van der Waals surface area contributed by atoms with Gasteiger partial charge in [0.15, 0.2) is 5.16 Å². The van der Waals surface area contributed by atoms with Gasteiger partial charge in [-0.05, 0) is 24.8 Å². The zero-order chi connectivity index (χ0) is 15.9. The molecule has 0 saturated heterocycles. The zero-order valence-electron chi connectivity index (χ0n) is 13.6. The van der Waals surface area contributed by atoms with E-state index in [0.717, 1.165) is 34.0 Å². The fourth-order valence-electron chi connectivity index (χ4n) is 2.61. The van der Waals surface area contributed by atoms with Crippen molar-refractivity contribution in [2.75, 3.05) is 11.5 Å². The van der Waals surface area contributed by atoms with Gasteiger partial charge < -0.3 is 10.5 Å². The van der Waals surface area contributed by atoms with Crippen LogP contribution in [0.3, 0.4) is 0 Å². The third-order valence-corrected chi connectivity index (χ3v) is 6.51. The predicted molar refractivity (Wildman–Crippen MR) is 94.6 cm³/mol. The topological polar surface area (TPSA) is 61.0 Å². The lowest BCUT2D eigenvalue weighted by atomic mass is 9.90. The first-order valence-electron chi connectivity index (χ1n) is 7.76. The van der Waals surface area contributed by atoms with E-state index in [4.69, 9.17) is 15.5 Å². The number of ether oxygens (including phenoxy) is 1. The average Bonchev–Trinajstić information content (AvgIpc) is 2.83. The van der Waals surface area contributed by atoms with Crippen LogP contribution in [-0.2, 0) is 17.8 Å². The average molecular weight is 338 g/mol. The van der Waals surface area contributed by atoms with E-state index >= 15 is 0 Å². The van der Waals surface area contributed by atoms with Crippen molar-refractivity contribution in [2.24, 2.45) is 5.92 Å². The van der Waals surface area contributed by atoms with Crippen LogP contribution in [0.5, 0.6) is 0 Å². The van der Waals surface area contributed by atoms with Crippen molar-refractivity contribution in [3.05, 3.63) is 10.4 Å². The summed E-state index contributed by atoms with van der Waals surface area (Å²) in [4.78, 5) is 11.5. The summed E-state index contributed by atoms with van der Waals surface area (Å²) < 4.78 is 6.04. The Kier molecular flexibility index (Phi) is 4.36. The van der Waals surface area contributed by atoms with Gasteiger partial charge in [0, 0.05) is 17.1 Å². The normalized spacial score (nSPS) is 21.5. The SMILES string of the molecule is CC[C@@]1(C)Cc2c(sc3nc(SCC(C)C)nc(N)c23)CO1. The molecule has 3 heterocycles. The quantitative estimate of drug-likeness (QED) is 0.667. The molecule has 0 saturated carbocycles. The molecule has 1 aliphatic heterocycles. The molecule has 0 spiro atoms. The number of thioether (sulfide) groups is 1. The molecule has 4 nitrogen and oxygen atoms in total. The van der Waals surface area contributed by atoms with E-state index in [2.05, 4.69) is 32.7 Å². The number of thiophene rings is 1. The van der Waals surface area contributed by atoms with Crippen LogP contribution in [0.15, 0.2) is 5.16 Å². The van der Waals surface area contributed by atoms with E-state index in [1.165, 1.54) is 10.4 Å². The highest BCUT2D eigenvalue weighted by Crippen LogP contribution is 2.41. The summed E-state index contributed by atoms with van der Waals surface area (Å²) in [5.41, 5.74) is 7.46. The minimum atomic E-state index is -0.0987. The Hall–Kier alpha value is -0.850. The van der Waals surface area contributed by atoms with Gasteiger partial charge in [0.1, 0.15) is 10.6 Å². The molecular weight excluding hydrogens is 314 g/mol. The molecule has 2 aromatic heterocycles. The molecule has 0 unspecified atom stereocenters. The summed E-state index contributed by atoms with van der Waals surface area (Å²) in [5, 5.41) is 1.84. The molecule has 2 aromatic rings. The summed E-state index contributed by atoms with van der Waals surface area (Å²) in [5.74, 6) is 2.24. The van der Waals surface area contributed by atoms with Crippen molar-refractivity contribution in [1.29, 1.82) is 0 Å². The first-order valence-corrected chi connectivity index (χ1v) is 9.56. The lowest BCUT2D eigenvalue weighted by Crippen LogP contribution is -2.33. The van der Waals surface area contributed by atoms with Crippen LogP contribution in [0.25, 0.3) is 10.2 Å². The van der Waals surface area contributed by atoms with Gasteiger partial charge in [-0.2, -0.15) is 0 Å². The summed E-state index contributed by atoms with van der Waals surface area (Å²) in [6, 6.07) is 0. The molecule has 0 bridgehead atoms. The van der Waals surface area contributed by atoms with Gasteiger partial charge >= 0.3 is 0 Å². The Morgan fingerprint density at radius 2 is 2.18 bits per heavy atom. The molecular formula is C16H23N3OS2. The largest absolute Gasteiger partial charge is 0.383 e. The van der Waals surface area contributed by atoms with Crippen LogP contribution in [0.4, 0.5) is 5.82 Å². The smallest absolute Gasteiger partial charge is 0.190 e. The van der Waals surface area contributed by atoms with E-state index < -0.39 is 0 Å². The minimum absolute atomic E-state index is 0.0987. The number of nitrogens with zero attached hydrogens (tertiary/aromatic N) is 2. The van der Waals surface area contributed by atoms with Gasteiger partial charge in [-0.25, -0.2) is 9.97 Å². The molecule has 22 heavy (non-hydrogen) atoms. The number of nitrogen functional groups attached to an aromatic ring is 1. The zero-order valence-corrected chi connectivity index (χ0v) is 15.2. The number of hydrogen-bond donors (Lipinski definition) is 1. The van der Waals surface area contributed by atoms with E-state index in [0.29, 0.717) is 18.3 Å². The number of fused-ring (bicyclic) bond motifs is 3. The molecule has 3 rings (SSSR count). The molecule has 0 aromatic carbocycles. The van der Waals surface area contributed by atoms with Crippen LogP contribution >= 0.6 is 23.1 Å². The highest BCUT2D eigenvalue weighted by atomic mass is 32.2. The second kappa shape index (κ2) is 5.98. The number of rotatable bonds is 4. The van der Waals surface area contributed by atoms with Gasteiger partial charge in [0.25, 0.3) is 0 Å². The fraction of sp³-hybridized carbons (Fsp3) is 0.625. The summed E-state index contributed by atoms with van der Waals surface area (Å²) >= 11 is 3.39. The van der Waals surface area contributed by atoms with E-state index in [1.54, 1.807) is 23.1 Å². The van der Waals surface area contributed by atoms with Gasteiger partial charge in [-0.15, -0.1) is 11.3 Å². The van der Waals surface area contributed by atoms with Crippen LogP contribution < -0.4 is 5.73 Å². The molecule has 120 valence electrons. The first-order chi connectivity index (χ1) is 10.4. The van der Waals surface area contributed by atoms with Crippen molar-refractivity contribution in [1.82, 2.24) is 9.97 Å². The molecule has 0 fully saturated rings. The van der Waals surface area contributed by atoms with Crippen LogP contribution in [0.2, 0.25) is 0 Å². The highest BCUT2D eigenvalue weighted by molar-refractivity contribution is 7.99. The van der Waals surface area contributed by atoms with Crippen molar-refractivity contribution in [2.45, 2.75) is 57.9 Å². The predicted octanol–water partition coefficient (Wildman–Crippen LogP) is 4.26. The maximum absolute atomic E-state index is 6.26. The fourth-order valence-corrected chi connectivity index (χ4v) is 4.58. The monoisotopic (exact) mass is 337 g/mol. The highest BCUT2D eigenvalue weighted by Gasteiger charge is 2.32. The molecule has 1 atom stereocenters. The van der Waals surface area contributed by atoms with Crippen LogP contribution in [-0.4, -0.2) is 21.3 Å². The standard InChI is InChI=1S/C16H23N3OS2/c1-5-16(4)6-10-11(7-20-16)22-14-12(10)13(17)18-15(19-14)21-8-9(2)3/h9H,5-8H2,1-4H3,(H2,17,18,19)/t16-/m0/s1. The number of hydrogen-bond acceptors (Lipinski definition) is 6. The van der Waals surface area contributed by atoms with Gasteiger partial charge in [0.05, 0.1) is 17.6 Å². The van der Waals surface area contributed by atoms with E-state index in [1.807, 2.05) is 0 Å². The van der Waals surface area contributed by atoms with Gasteiger partial charge in [0.2, 0.25) is 0 Å². The maximum Gasteiger partial charge on any atom is 0.190 e. The summed E-state index contributed by atoms with van der Waals surface area (Å²) in [7, 11) is 0. The molecule has 0 amide bonds. The van der Waals surface area contributed by atoms with Crippen LogP contribution in [0.1, 0.15) is 44.6 Å². The van der Waals surface area contributed by atoms with E-state index in [-0.39, 0.29) is 5.60 Å².